The molecule has 1 aliphatic heterocycles. The number of hydrogen-bond acceptors (Lipinski definition) is 4. The Kier molecular flexibility index (Phi) is 5.41. The van der Waals surface area contributed by atoms with Crippen LogP contribution >= 0.6 is 11.6 Å². The van der Waals surface area contributed by atoms with Gasteiger partial charge in [0.05, 0.1) is 6.61 Å². The van der Waals surface area contributed by atoms with Crippen LogP contribution in [-0.2, 0) is 6.54 Å². The van der Waals surface area contributed by atoms with Crippen LogP contribution in [-0.4, -0.2) is 34.6 Å². The molecule has 3 rings (SSSR count). The average molecular weight is 336 g/mol. The van der Waals surface area contributed by atoms with Crippen LogP contribution in [0.1, 0.15) is 18.4 Å². The van der Waals surface area contributed by atoms with E-state index in [2.05, 4.69) is 14.9 Å². The van der Waals surface area contributed by atoms with Gasteiger partial charge in [-0.3, -0.25) is 4.90 Å². The van der Waals surface area contributed by atoms with E-state index in [1.807, 2.05) is 0 Å². The Morgan fingerprint density at radius 1 is 1.26 bits per heavy atom. The van der Waals surface area contributed by atoms with Crippen molar-refractivity contribution >= 4 is 11.6 Å². The minimum atomic E-state index is -0.242. The van der Waals surface area contributed by atoms with Crippen molar-refractivity contribution in [3.8, 4) is 6.01 Å². The predicted molar refractivity (Wildman–Crippen MR) is 86.9 cm³/mol. The molecule has 23 heavy (non-hydrogen) atoms. The smallest absolute Gasteiger partial charge is 0.316 e. The van der Waals surface area contributed by atoms with Crippen molar-refractivity contribution in [2.24, 2.45) is 5.92 Å². The topological polar surface area (TPSA) is 38.2 Å². The zero-order chi connectivity index (χ0) is 16.1. The van der Waals surface area contributed by atoms with Gasteiger partial charge in [0.15, 0.2) is 0 Å². The molecule has 0 N–H and O–H groups in total. The van der Waals surface area contributed by atoms with Crippen LogP contribution < -0.4 is 4.74 Å². The minimum absolute atomic E-state index is 0.242. The zero-order valence-corrected chi connectivity index (χ0v) is 13.5. The molecule has 0 bridgehead atoms. The predicted octanol–water partition coefficient (Wildman–Crippen LogP) is 3.56. The monoisotopic (exact) mass is 335 g/mol. The molecule has 2 aromatic rings. The molecule has 6 heteroatoms. The summed E-state index contributed by atoms with van der Waals surface area (Å²) in [7, 11) is 0. The van der Waals surface area contributed by atoms with Crippen LogP contribution in [0.2, 0.25) is 5.02 Å². The third kappa shape index (κ3) is 4.39. The third-order valence-corrected chi connectivity index (χ3v) is 4.39. The maximum absolute atomic E-state index is 13.9. The molecule has 1 aliphatic rings. The summed E-state index contributed by atoms with van der Waals surface area (Å²) in [6, 6.07) is 6.98. The molecule has 1 saturated heterocycles. The molecule has 1 atom stereocenters. The lowest BCUT2D eigenvalue weighted by molar-refractivity contribution is 0.120. The van der Waals surface area contributed by atoms with Crippen molar-refractivity contribution < 1.29 is 9.13 Å². The second-order valence-electron chi connectivity index (χ2n) is 5.79. The molecule has 0 radical (unpaired) electrons. The average Bonchev–Trinajstić information content (AvgIpc) is 2.58. The van der Waals surface area contributed by atoms with E-state index in [0.29, 0.717) is 35.7 Å². The van der Waals surface area contributed by atoms with E-state index in [4.69, 9.17) is 16.3 Å². The van der Waals surface area contributed by atoms with Gasteiger partial charge in [0.1, 0.15) is 5.82 Å². The molecule has 1 aromatic carbocycles. The third-order valence-electron chi connectivity index (χ3n) is 4.04. The SMILES string of the molecule is Fc1cccc(Cl)c1CN1CCCC(COc2ncccn2)C1. The molecule has 0 aliphatic carbocycles. The number of ether oxygens (including phenoxy) is 1. The van der Waals surface area contributed by atoms with Gasteiger partial charge >= 0.3 is 6.01 Å². The van der Waals surface area contributed by atoms with E-state index < -0.39 is 0 Å². The van der Waals surface area contributed by atoms with Gasteiger partial charge in [-0.2, -0.15) is 0 Å². The molecule has 1 fully saturated rings. The number of nitrogens with zero attached hydrogens (tertiary/aromatic N) is 3. The number of aromatic nitrogens is 2. The summed E-state index contributed by atoms with van der Waals surface area (Å²) < 4.78 is 19.6. The number of benzene rings is 1. The first-order valence-corrected chi connectivity index (χ1v) is 8.15. The molecule has 0 saturated carbocycles. The zero-order valence-electron chi connectivity index (χ0n) is 12.8. The van der Waals surface area contributed by atoms with Gasteiger partial charge in [0.25, 0.3) is 0 Å². The lowest BCUT2D eigenvalue weighted by Crippen LogP contribution is -2.37. The number of likely N-dealkylation sites (tertiary alicyclic amines) is 1. The first-order chi connectivity index (χ1) is 11.2. The van der Waals surface area contributed by atoms with E-state index in [0.717, 1.165) is 25.9 Å². The maximum Gasteiger partial charge on any atom is 0.316 e. The largest absolute Gasteiger partial charge is 0.463 e. The lowest BCUT2D eigenvalue weighted by Gasteiger charge is -2.32. The first-order valence-electron chi connectivity index (χ1n) is 7.77. The summed E-state index contributed by atoms with van der Waals surface area (Å²) >= 11 is 6.12. The normalized spacial score (nSPS) is 18.8. The highest BCUT2D eigenvalue weighted by molar-refractivity contribution is 6.31. The molecule has 0 spiro atoms. The van der Waals surface area contributed by atoms with Crippen molar-refractivity contribution in [3.63, 3.8) is 0 Å². The molecule has 0 amide bonds. The van der Waals surface area contributed by atoms with Gasteiger partial charge in [0, 0.05) is 42.0 Å². The Morgan fingerprint density at radius 2 is 2.09 bits per heavy atom. The quantitative estimate of drug-likeness (QED) is 0.837. The highest BCUT2D eigenvalue weighted by atomic mass is 35.5. The Morgan fingerprint density at radius 3 is 2.87 bits per heavy atom. The molecule has 1 unspecified atom stereocenters. The van der Waals surface area contributed by atoms with E-state index in [9.17, 15) is 4.39 Å². The van der Waals surface area contributed by atoms with Gasteiger partial charge < -0.3 is 4.74 Å². The highest BCUT2D eigenvalue weighted by Crippen LogP contribution is 2.24. The minimum Gasteiger partial charge on any atom is -0.463 e. The van der Waals surface area contributed by atoms with Crippen molar-refractivity contribution in [1.82, 2.24) is 14.9 Å². The van der Waals surface area contributed by atoms with Gasteiger partial charge in [-0.15, -0.1) is 0 Å². The van der Waals surface area contributed by atoms with Crippen LogP contribution in [0.15, 0.2) is 36.7 Å². The molecule has 4 nitrogen and oxygen atoms in total. The molecule has 1 aromatic heterocycles. The fourth-order valence-electron chi connectivity index (χ4n) is 2.89. The Hall–Kier alpha value is -1.72. The van der Waals surface area contributed by atoms with Gasteiger partial charge in [0.2, 0.25) is 0 Å². The van der Waals surface area contributed by atoms with Crippen LogP contribution in [0.25, 0.3) is 0 Å². The van der Waals surface area contributed by atoms with Gasteiger partial charge in [-0.1, -0.05) is 17.7 Å². The standard InChI is InChI=1S/C17H19ClFN3O/c18-15-5-1-6-16(19)14(15)11-22-9-2-4-13(10-22)12-23-17-20-7-3-8-21-17/h1,3,5-8,13H,2,4,9-12H2. The maximum atomic E-state index is 13.9. The number of hydrogen-bond donors (Lipinski definition) is 0. The van der Waals surface area contributed by atoms with Crippen LogP contribution in [0.5, 0.6) is 6.01 Å². The van der Waals surface area contributed by atoms with Crippen molar-refractivity contribution in [1.29, 1.82) is 0 Å². The summed E-state index contributed by atoms with van der Waals surface area (Å²) in [5.74, 6) is 0.145. The molecule has 2 heterocycles. The number of piperidine rings is 1. The van der Waals surface area contributed by atoms with Crippen LogP contribution in [0.3, 0.4) is 0 Å². The summed E-state index contributed by atoms with van der Waals surface area (Å²) in [6.07, 6.45) is 5.48. The fraction of sp³-hybridized carbons (Fsp3) is 0.412. The molecular formula is C17H19ClFN3O. The second kappa shape index (κ2) is 7.70. The highest BCUT2D eigenvalue weighted by Gasteiger charge is 2.22. The van der Waals surface area contributed by atoms with Crippen molar-refractivity contribution in [3.05, 3.63) is 53.1 Å². The summed E-state index contributed by atoms with van der Waals surface area (Å²) in [5.41, 5.74) is 0.571. The van der Waals surface area contributed by atoms with E-state index in [1.54, 1.807) is 30.6 Å². The fourth-order valence-corrected chi connectivity index (χ4v) is 3.11. The Bertz CT molecular complexity index is 621. The van der Waals surface area contributed by atoms with Crippen LogP contribution in [0.4, 0.5) is 4.39 Å². The van der Waals surface area contributed by atoms with Crippen molar-refractivity contribution in [2.45, 2.75) is 19.4 Å². The summed E-state index contributed by atoms with van der Waals surface area (Å²) in [4.78, 5) is 10.3. The number of rotatable bonds is 5. The molecular weight excluding hydrogens is 317 g/mol. The summed E-state index contributed by atoms with van der Waals surface area (Å²) in [6.45, 7) is 2.91. The van der Waals surface area contributed by atoms with E-state index in [1.165, 1.54) is 6.07 Å². The Labute approximate surface area is 140 Å². The summed E-state index contributed by atoms with van der Waals surface area (Å²) in [5, 5.41) is 0.487. The first kappa shape index (κ1) is 16.1. The van der Waals surface area contributed by atoms with E-state index >= 15 is 0 Å². The van der Waals surface area contributed by atoms with Crippen molar-refractivity contribution in [2.75, 3.05) is 19.7 Å². The lowest BCUT2D eigenvalue weighted by atomic mass is 9.98. The van der Waals surface area contributed by atoms with Crippen LogP contribution in [0, 0.1) is 11.7 Å². The van der Waals surface area contributed by atoms with E-state index in [-0.39, 0.29) is 5.82 Å². The molecule has 122 valence electrons. The second-order valence-corrected chi connectivity index (χ2v) is 6.19. The number of halogens is 2. The van der Waals surface area contributed by atoms with Gasteiger partial charge in [-0.05, 0) is 37.6 Å². The van der Waals surface area contributed by atoms with Gasteiger partial charge in [-0.25, -0.2) is 14.4 Å². The Balaban J connectivity index is 1.56.